The Morgan fingerprint density at radius 2 is 2.00 bits per heavy atom. The SMILES string of the molecule is C=CCNc1nnc(COc2cccc3ccccc23)s1. The fourth-order valence-electron chi connectivity index (χ4n) is 2.00. The Morgan fingerprint density at radius 1 is 1.14 bits per heavy atom. The van der Waals surface area contributed by atoms with Gasteiger partial charge in [0, 0.05) is 11.9 Å². The fraction of sp³-hybridized carbons (Fsp3) is 0.125. The monoisotopic (exact) mass is 297 g/mol. The van der Waals surface area contributed by atoms with E-state index in [9.17, 15) is 0 Å². The van der Waals surface area contributed by atoms with E-state index in [0.29, 0.717) is 13.2 Å². The van der Waals surface area contributed by atoms with Crippen LogP contribution in [0, 0.1) is 0 Å². The first-order valence-electron chi connectivity index (χ1n) is 6.64. The Morgan fingerprint density at radius 3 is 2.90 bits per heavy atom. The minimum absolute atomic E-state index is 0.418. The zero-order chi connectivity index (χ0) is 14.5. The molecule has 0 fully saturated rings. The number of anilines is 1. The van der Waals surface area contributed by atoms with Crippen LogP contribution < -0.4 is 10.1 Å². The van der Waals surface area contributed by atoms with Crippen molar-refractivity contribution in [3.63, 3.8) is 0 Å². The van der Waals surface area contributed by atoms with E-state index in [1.165, 1.54) is 16.7 Å². The molecule has 0 radical (unpaired) electrons. The van der Waals surface area contributed by atoms with Crippen molar-refractivity contribution < 1.29 is 4.74 Å². The van der Waals surface area contributed by atoms with Crippen LogP contribution in [0.2, 0.25) is 0 Å². The van der Waals surface area contributed by atoms with Crippen molar-refractivity contribution in [2.24, 2.45) is 0 Å². The molecular weight excluding hydrogens is 282 g/mol. The summed E-state index contributed by atoms with van der Waals surface area (Å²) in [5.41, 5.74) is 0. The molecule has 1 N–H and O–H groups in total. The first kappa shape index (κ1) is 13.6. The molecule has 0 saturated heterocycles. The minimum Gasteiger partial charge on any atom is -0.486 e. The number of aromatic nitrogens is 2. The maximum atomic E-state index is 5.88. The summed E-state index contributed by atoms with van der Waals surface area (Å²) in [4.78, 5) is 0. The van der Waals surface area contributed by atoms with E-state index in [2.05, 4.69) is 40.3 Å². The number of hydrogen-bond donors (Lipinski definition) is 1. The summed E-state index contributed by atoms with van der Waals surface area (Å²) >= 11 is 1.49. The van der Waals surface area contributed by atoms with E-state index in [1.807, 2.05) is 24.3 Å². The molecule has 3 aromatic rings. The Kier molecular flexibility index (Phi) is 4.12. The molecular formula is C16H15N3OS. The second-order valence-corrected chi connectivity index (χ2v) is 5.50. The number of nitrogens with one attached hydrogen (secondary N) is 1. The van der Waals surface area contributed by atoms with Crippen LogP contribution in [-0.2, 0) is 6.61 Å². The van der Waals surface area contributed by atoms with Gasteiger partial charge in [-0.25, -0.2) is 0 Å². The highest BCUT2D eigenvalue weighted by atomic mass is 32.1. The zero-order valence-electron chi connectivity index (χ0n) is 11.5. The summed E-state index contributed by atoms with van der Waals surface area (Å²) < 4.78 is 5.88. The average molecular weight is 297 g/mol. The van der Waals surface area contributed by atoms with Crippen LogP contribution in [0.4, 0.5) is 5.13 Å². The predicted octanol–water partition coefficient (Wildman–Crippen LogP) is 3.87. The van der Waals surface area contributed by atoms with E-state index in [-0.39, 0.29) is 0 Å². The largest absolute Gasteiger partial charge is 0.486 e. The summed E-state index contributed by atoms with van der Waals surface area (Å²) in [5.74, 6) is 0.865. The Labute approximate surface area is 127 Å². The quantitative estimate of drug-likeness (QED) is 0.702. The Hall–Kier alpha value is -2.40. The van der Waals surface area contributed by atoms with E-state index >= 15 is 0 Å². The zero-order valence-corrected chi connectivity index (χ0v) is 12.3. The van der Waals surface area contributed by atoms with Gasteiger partial charge in [-0.15, -0.1) is 16.8 Å². The van der Waals surface area contributed by atoms with Crippen LogP contribution >= 0.6 is 11.3 Å². The van der Waals surface area contributed by atoms with Gasteiger partial charge in [0.2, 0.25) is 5.13 Å². The summed E-state index contributed by atoms with van der Waals surface area (Å²) in [7, 11) is 0. The van der Waals surface area contributed by atoms with Gasteiger partial charge in [-0.05, 0) is 11.5 Å². The topological polar surface area (TPSA) is 47.0 Å². The molecule has 0 bridgehead atoms. The van der Waals surface area contributed by atoms with E-state index in [1.54, 1.807) is 6.08 Å². The highest BCUT2D eigenvalue weighted by Crippen LogP contribution is 2.26. The van der Waals surface area contributed by atoms with Gasteiger partial charge < -0.3 is 10.1 Å². The maximum absolute atomic E-state index is 5.88. The highest BCUT2D eigenvalue weighted by molar-refractivity contribution is 7.15. The predicted molar refractivity (Wildman–Crippen MR) is 86.9 cm³/mol. The molecule has 0 amide bonds. The molecule has 5 heteroatoms. The van der Waals surface area contributed by atoms with Crippen LogP contribution in [0.15, 0.2) is 55.1 Å². The van der Waals surface area contributed by atoms with Crippen LogP contribution in [0.25, 0.3) is 10.8 Å². The van der Waals surface area contributed by atoms with E-state index in [0.717, 1.165) is 21.3 Å². The lowest BCUT2D eigenvalue weighted by atomic mass is 10.1. The van der Waals surface area contributed by atoms with Gasteiger partial charge in [0.1, 0.15) is 12.4 Å². The molecule has 0 unspecified atom stereocenters. The lowest BCUT2D eigenvalue weighted by Crippen LogP contribution is -1.96. The van der Waals surface area contributed by atoms with Crippen LogP contribution in [0.3, 0.4) is 0 Å². The third kappa shape index (κ3) is 3.20. The second kappa shape index (κ2) is 6.37. The lowest BCUT2D eigenvalue weighted by molar-refractivity contribution is 0.308. The highest BCUT2D eigenvalue weighted by Gasteiger charge is 2.06. The van der Waals surface area contributed by atoms with Crippen molar-refractivity contribution in [3.8, 4) is 5.75 Å². The van der Waals surface area contributed by atoms with Crippen molar-refractivity contribution in [1.29, 1.82) is 0 Å². The van der Waals surface area contributed by atoms with Crippen molar-refractivity contribution in [2.45, 2.75) is 6.61 Å². The minimum atomic E-state index is 0.418. The molecule has 0 atom stereocenters. The number of fused-ring (bicyclic) bond motifs is 1. The second-order valence-electron chi connectivity index (χ2n) is 4.44. The van der Waals surface area contributed by atoms with Crippen LogP contribution in [-0.4, -0.2) is 16.7 Å². The van der Waals surface area contributed by atoms with Crippen molar-refractivity contribution in [2.75, 3.05) is 11.9 Å². The molecule has 0 spiro atoms. The van der Waals surface area contributed by atoms with Gasteiger partial charge in [-0.2, -0.15) is 0 Å². The van der Waals surface area contributed by atoms with Crippen LogP contribution in [0.1, 0.15) is 5.01 Å². The van der Waals surface area contributed by atoms with Gasteiger partial charge >= 0.3 is 0 Å². The Bertz CT molecular complexity index is 749. The van der Waals surface area contributed by atoms with Gasteiger partial charge in [-0.3, -0.25) is 0 Å². The number of benzene rings is 2. The molecule has 0 aliphatic carbocycles. The van der Waals surface area contributed by atoms with Gasteiger partial charge in [0.25, 0.3) is 0 Å². The van der Waals surface area contributed by atoms with Gasteiger partial charge in [-0.1, -0.05) is 53.8 Å². The number of rotatable bonds is 6. The van der Waals surface area contributed by atoms with Crippen molar-refractivity contribution in [3.05, 3.63) is 60.1 Å². The third-order valence-electron chi connectivity index (χ3n) is 2.97. The molecule has 106 valence electrons. The summed E-state index contributed by atoms with van der Waals surface area (Å²) in [6.45, 7) is 4.75. The molecule has 21 heavy (non-hydrogen) atoms. The standard InChI is InChI=1S/C16H15N3OS/c1-2-10-17-16-19-18-15(21-16)11-20-14-9-5-7-12-6-3-4-8-13(12)14/h2-9H,1,10-11H2,(H,17,19). The van der Waals surface area contributed by atoms with Crippen LogP contribution in [0.5, 0.6) is 5.75 Å². The number of ether oxygens (including phenoxy) is 1. The third-order valence-corrected chi connectivity index (χ3v) is 3.82. The van der Waals surface area contributed by atoms with Crippen molar-refractivity contribution in [1.82, 2.24) is 10.2 Å². The first-order valence-corrected chi connectivity index (χ1v) is 7.46. The molecule has 0 aliphatic rings. The first-order chi connectivity index (χ1) is 10.4. The van der Waals surface area contributed by atoms with Gasteiger partial charge in [0.15, 0.2) is 5.01 Å². The molecule has 3 rings (SSSR count). The fourth-order valence-corrected chi connectivity index (χ4v) is 2.66. The van der Waals surface area contributed by atoms with E-state index < -0.39 is 0 Å². The molecule has 0 saturated carbocycles. The van der Waals surface area contributed by atoms with Gasteiger partial charge in [0.05, 0.1) is 0 Å². The summed E-state index contributed by atoms with van der Waals surface area (Å²) in [6.07, 6.45) is 1.79. The lowest BCUT2D eigenvalue weighted by Gasteiger charge is -2.07. The average Bonchev–Trinajstić information content (AvgIpc) is 2.99. The molecule has 1 aromatic heterocycles. The molecule has 1 heterocycles. The van der Waals surface area contributed by atoms with Crippen molar-refractivity contribution >= 4 is 27.2 Å². The Balaban J connectivity index is 1.71. The summed E-state index contributed by atoms with van der Waals surface area (Å²) in [6, 6.07) is 14.2. The summed E-state index contributed by atoms with van der Waals surface area (Å²) in [5, 5.41) is 15.2. The molecule has 0 aliphatic heterocycles. The maximum Gasteiger partial charge on any atom is 0.206 e. The molecule has 2 aromatic carbocycles. The number of nitrogens with zero attached hydrogens (tertiary/aromatic N) is 2. The normalized spacial score (nSPS) is 10.5. The molecule has 4 nitrogen and oxygen atoms in total. The number of hydrogen-bond acceptors (Lipinski definition) is 5. The smallest absolute Gasteiger partial charge is 0.206 e. The van der Waals surface area contributed by atoms with E-state index in [4.69, 9.17) is 4.74 Å².